The number of halogens is 2. The van der Waals surface area contributed by atoms with E-state index in [2.05, 4.69) is 5.32 Å². The van der Waals surface area contributed by atoms with E-state index in [1.807, 2.05) is 6.92 Å². The quantitative estimate of drug-likeness (QED) is 0.760. The summed E-state index contributed by atoms with van der Waals surface area (Å²) in [6, 6.07) is 8.70. The number of hydrogen-bond acceptors (Lipinski definition) is 3. The van der Waals surface area contributed by atoms with E-state index in [0.29, 0.717) is 27.2 Å². The van der Waals surface area contributed by atoms with Gasteiger partial charge in [-0.15, -0.1) is 0 Å². The highest BCUT2D eigenvalue weighted by Gasteiger charge is 2.10. The molecular formula is C18H17Cl2NO3. The van der Waals surface area contributed by atoms with Gasteiger partial charge in [0.15, 0.2) is 11.5 Å². The summed E-state index contributed by atoms with van der Waals surface area (Å²) in [5, 5.41) is 3.83. The van der Waals surface area contributed by atoms with Crippen molar-refractivity contribution in [1.29, 1.82) is 0 Å². The van der Waals surface area contributed by atoms with E-state index in [0.717, 1.165) is 11.1 Å². The molecule has 2 aromatic carbocycles. The van der Waals surface area contributed by atoms with Gasteiger partial charge in [-0.3, -0.25) is 4.79 Å². The monoisotopic (exact) mass is 365 g/mol. The van der Waals surface area contributed by atoms with Crippen molar-refractivity contribution in [2.45, 2.75) is 6.92 Å². The fourth-order valence-electron chi connectivity index (χ4n) is 2.15. The maximum absolute atomic E-state index is 12.1. The summed E-state index contributed by atoms with van der Waals surface area (Å²) in [6.07, 6.45) is 3.07. The molecule has 0 aliphatic carbocycles. The molecule has 0 fully saturated rings. The second-order valence-electron chi connectivity index (χ2n) is 5.02. The molecule has 0 aliphatic heterocycles. The van der Waals surface area contributed by atoms with E-state index < -0.39 is 0 Å². The molecule has 0 atom stereocenters. The smallest absolute Gasteiger partial charge is 0.248 e. The zero-order valence-electron chi connectivity index (χ0n) is 13.5. The zero-order chi connectivity index (χ0) is 17.7. The molecule has 6 heteroatoms. The molecule has 24 heavy (non-hydrogen) atoms. The summed E-state index contributed by atoms with van der Waals surface area (Å²) < 4.78 is 10.4. The van der Waals surface area contributed by atoms with Gasteiger partial charge in [-0.25, -0.2) is 0 Å². The number of nitrogens with one attached hydrogen (secondary N) is 1. The number of carbonyl (C=O) groups is 1. The SMILES string of the molecule is COc1cc(/C=C/C(=O)Nc2ccc(Cl)cc2C)cc(Cl)c1OC. The Labute approximate surface area is 151 Å². The number of anilines is 1. The molecule has 0 spiro atoms. The lowest BCUT2D eigenvalue weighted by atomic mass is 10.1. The number of carbonyl (C=O) groups excluding carboxylic acids is 1. The van der Waals surface area contributed by atoms with Gasteiger partial charge in [-0.1, -0.05) is 23.2 Å². The minimum atomic E-state index is -0.258. The highest BCUT2D eigenvalue weighted by atomic mass is 35.5. The molecular weight excluding hydrogens is 349 g/mol. The van der Waals surface area contributed by atoms with Gasteiger partial charge in [-0.05, 0) is 54.5 Å². The van der Waals surface area contributed by atoms with Crippen LogP contribution >= 0.6 is 23.2 Å². The predicted octanol–water partition coefficient (Wildman–Crippen LogP) is 4.97. The Hall–Kier alpha value is -2.17. The Morgan fingerprint density at radius 2 is 1.88 bits per heavy atom. The Bertz CT molecular complexity index is 788. The van der Waals surface area contributed by atoms with Gasteiger partial charge in [0.1, 0.15) is 0 Å². The lowest BCUT2D eigenvalue weighted by Crippen LogP contribution is -2.08. The summed E-state index contributed by atoms with van der Waals surface area (Å²) in [5.41, 5.74) is 2.32. The second-order valence-corrected chi connectivity index (χ2v) is 5.86. The largest absolute Gasteiger partial charge is 0.493 e. The van der Waals surface area contributed by atoms with E-state index in [1.165, 1.54) is 20.3 Å². The lowest BCUT2D eigenvalue weighted by Gasteiger charge is -2.10. The maximum Gasteiger partial charge on any atom is 0.248 e. The van der Waals surface area contributed by atoms with Gasteiger partial charge in [0, 0.05) is 16.8 Å². The molecule has 0 radical (unpaired) electrons. The maximum atomic E-state index is 12.1. The van der Waals surface area contributed by atoms with Gasteiger partial charge in [0.2, 0.25) is 5.91 Å². The number of benzene rings is 2. The van der Waals surface area contributed by atoms with E-state index in [9.17, 15) is 4.79 Å². The molecule has 0 unspecified atom stereocenters. The molecule has 126 valence electrons. The van der Waals surface area contributed by atoms with Gasteiger partial charge in [0.05, 0.1) is 19.2 Å². The van der Waals surface area contributed by atoms with Gasteiger partial charge in [-0.2, -0.15) is 0 Å². The van der Waals surface area contributed by atoms with Crippen molar-refractivity contribution in [3.05, 3.63) is 57.6 Å². The molecule has 1 amide bonds. The Morgan fingerprint density at radius 3 is 2.50 bits per heavy atom. The average molecular weight is 366 g/mol. The standard InChI is InChI=1S/C18H17Cl2NO3/c1-11-8-13(19)5-6-15(11)21-17(22)7-4-12-9-14(20)18(24-3)16(10-12)23-2/h4-10H,1-3H3,(H,21,22)/b7-4+. The number of aryl methyl sites for hydroxylation is 1. The minimum absolute atomic E-state index is 0.258. The van der Waals surface area contributed by atoms with Crippen molar-refractivity contribution in [2.75, 3.05) is 19.5 Å². The van der Waals surface area contributed by atoms with Crippen LogP contribution in [0.4, 0.5) is 5.69 Å². The Kier molecular flexibility index (Phi) is 6.12. The third-order valence-electron chi connectivity index (χ3n) is 3.33. The molecule has 0 heterocycles. The van der Waals surface area contributed by atoms with Crippen LogP contribution in [0, 0.1) is 6.92 Å². The summed E-state index contributed by atoms with van der Waals surface area (Å²) in [7, 11) is 3.04. The molecule has 0 aliphatic rings. The van der Waals surface area contributed by atoms with Crippen molar-refractivity contribution in [3.8, 4) is 11.5 Å². The van der Waals surface area contributed by atoms with Crippen LogP contribution < -0.4 is 14.8 Å². The van der Waals surface area contributed by atoms with Crippen LogP contribution in [0.5, 0.6) is 11.5 Å². The summed E-state index contributed by atoms with van der Waals surface area (Å²) >= 11 is 12.0. The molecule has 2 rings (SSSR count). The number of hydrogen-bond donors (Lipinski definition) is 1. The fourth-order valence-corrected chi connectivity index (χ4v) is 2.67. The van der Waals surface area contributed by atoms with Gasteiger partial charge >= 0.3 is 0 Å². The highest BCUT2D eigenvalue weighted by molar-refractivity contribution is 6.32. The Morgan fingerprint density at radius 1 is 1.12 bits per heavy atom. The number of amides is 1. The third kappa shape index (κ3) is 4.43. The summed E-state index contributed by atoms with van der Waals surface area (Å²) in [5.74, 6) is 0.697. The number of methoxy groups -OCH3 is 2. The van der Waals surface area contributed by atoms with Crippen LogP contribution in [-0.4, -0.2) is 20.1 Å². The van der Waals surface area contributed by atoms with E-state index in [4.69, 9.17) is 32.7 Å². The lowest BCUT2D eigenvalue weighted by molar-refractivity contribution is -0.111. The molecule has 1 N–H and O–H groups in total. The molecule has 4 nitrogen and oxygen atoms in total. The molecule has 0 aromatic heterocycles. The number of ether oxygens (including phenoxy) is 2. The van der Waals surface area contributed by atoms with Crippen LogP contribution in [-0.2, 0) is 4.79 Å². The highest BCUT2D eigenvalue weighted by Crippen LogP contribution is 2.36. The van der Waals surface area contributed by atoms with E-state index in [-0.39, 0.29) is 5.91 Å². The zero-order valence-corrected chi connectivity index (χ0v) is 15.0. The van der Waals surface area contributed by atoms with Crippen molar-refractivity contribution in [3.63, 3.8) is 0 Å². The first-order chi connectivity index (χ1) is 11.4. The first-order valence-corrected chi connectivity index (χ1v) is 7.87. The molecule has 0 saturated carbocycles. The van der Waals surface area contributed by atoms with Crippen LogP contribution in [0.2, 0.25) is 10.0 Å². The van der Waals surface area contributed by atoms with E-state index in [1.54, 1.807) is 36.4 Å². The van der Waals surface area contributed by atoms with Crippen molar-refractivity contribution < 1.29 is 14.3 Å². The normalized spacial score (nSPS) is 10.7. The van der Waals surface area contributed by atoms with E-state index >= 15 is 0 Å². The fraction of sp³-hybridized carbons (Fsp3) is 0.167. The minimum Gasteiger partial charge on any atom is -0.493 e. The topological polar surface area (TPSA) is 47.6 Å². The summed E-state index contributed by atoms with van der Waals surface area (Å²) in [4.78, 5) is 12.1. The van der Waals surface area contributed by atoms with Crippen LogP contribution in [0.15, 0.2) is 36.4 Å². The van der Waals surface area contributed by atoms with Gasteiger partial charge in [0.25, 0.3) is 0 Å². The second kappa shape index (κ2) is 8.08. The Balaban J connectivity index is 2.15. The first-order valence-electron chi connectivity index (χ1n) is 7.11. The van der Waals surface area contributed by atoms with Crippen molar-refractivity contribution >= 4 is 40.9 Å². The molecule has 0 bridgehead atoms. The van der Waals surface area contributed by atoms with Gasteiger partial charge < -0.3 is 14.8 Å². The van der Waals surface area contributed by atoms with Crippen molar-refractivity contribution in [2.24, 2.45) is 0 Å². The predicted molar refractivity (Wildman–Crippen MR) is 98.4 cm³/mol. The number of rotatable bonds is 5. The summed E-state index contributed by atoms with van der Waals surface area (Å²) in [6.45, 7) is 1.87. The third-order valence-corrected chi connectivity index (χ3v) is 3.85. The van der Waals surface area contributed by atoms with Crippen LogP contribution in [0.25, 0.3) is 6.08 Å². The average Bonchev–Trinajstić information content (AvgIpc) is 2.55. The first kappa shape index (κ1) is 18.2. The molecule has 2 aromatic rings. The van der Waals surface area contributed by atoms with Crippen molar-refractivity contribution in [1.82, 2.24) is 0 Å². The van der Waals surface area contributed by atoms with Crippen LogP contribution in [0.3, 0.4) is 0 Å². The van der Waals surface area contributed by atoms with Crippen LogP contribution in [0.1, 0.15) is 11.1 Å². The molecule has 0 saturated heterocycles.